The lowest BCUT2D eigenvalue weighted by molar-refractivity contribution is -0.438. The lowest BCUT2D eigenvalue weighted by atomic mass is 9.81. The number of carboxylic acid groups (broad SMARTS) is 4. The number of hydrogen-bond donors (Lipinski definition) is 9. The number of aromatic nitrogens is 4. The quantitative estimate of drug-likeness (QED) is 0.0147. The van der Waals surface area contributed by atoms with E-state index >= 15 is 0 Å². The molecular weight excluding hydrogens is 1230 g/mol. The third kappa shape index (κ3) is 20.6. The van der Waals surface area contributed by atoms with Crippen molar-refractivity contribution in [2.24, 2.45) is 0 Å². The highest BCUT2D eigenvalue weighted by molar-refractivity contribution is 7.99. The van der Waals surface area contributed by atoms with Gasteiger partial charge in [-0.1, -0.05) is 43.8 Å². The lowest BCUT2D eigenvalue weighted by Crippen LogP contribution is -2.52. The summed E-state index contributed by atoms with van der Waals surface area (Å²) in [4.78, 5) is 81.3. The van der Waals surface area contributed by atoms with Crippen LogP contribution in [0.25, 0.3) is 0 Å². The van der Waals surface area contributed by atoms with Crippen LogP contribution in [0.1, 0.15) is 84.3 Å². The van der Waals surface area contributed by atoms with Crippen LogP contribution in [0, 0.1) is 0 Å². The number of nitrogens with one attached hydrogen (secondary N) is 3. The number of amides is 2. The largest absolute Gasteiger partial charge is 0.480 e. The lowest BCUT2D eigenvalue weighted by Gasteiger charge is -2.35. The summed E-state index contributed by atoms with van der Waals surface area (Å²) >= 11 is 1.23. The van der Waals surface area contributed by atoms with Gasteiger partial charge in [-0.2, -0.15) is 21.4 Å². The predicted octanol–water partition coefficient (Wildman–Crippen LogP) is 2.66. The second-order valence-electron chi connectivity index (χ2n) is 22.9. The van der Waals surface area contributed by atoms with E-state index in [1.807, 2.05) is 65.0 Å². The number of carbonyl (C=O) groups excluding carboxylic acids is 2. The third-order valence-corrected chi connectivity index (χ3v) is 18.3. The van der Waals surface area contributed by atoms with Crippen molar-refractivity contribution in [2.75, 3.05) is 121 Å². The van der Waals surface area contributed by atoms with Gasteiger partial charge in [0.25, 0.3) is 26.2 Å². The molecule has 1 aromatic heterocycles. The zero-order chi connectivity index (χ0) is 66.0. The van der Waals surface area contributed by atoms with Crippen LogP contribution in [0.4, 0.5) is 17.3 Å². The molecule has 2 amide bonds. The minimum Gasteiger partial charge on any atom is -0.480 e. The van der Waals surface area contributed by atoms with Gasteiger partial charge in [0.15, 0.2) is 5.71 Å². The molecular formula is C58H82N13O16S3+. The van der Waals surface area contributed by atoms with Crippen LogP contribution in [0.3, 0.4) is 0 Å². The Morgan fingerprint density at radius 1 is 0.656 bits per heavy atom. The summed E-state index contributed by atoms with van der Waals surface area (Å²) in [6.07, 6.45) is 11.7. The molecule has 0 radical (unpaired) electrons. The number of unbranched alkanes of at least 4 members (excludes halogenated alkanes) is 2. The van der Waals surface area contributed by atoms with E-state index in [4.69, 9.17) is 0 Å². The second kappa shape index (κ2) is 32.6. The van der Waals surface area contributed by atoms with Crippen LogP contribution < -0.4 is 20.9 Å². The first-order valence-electron chi connectivity index (χ1n) is 29.5. The fourth-order valence-electron chi connectivity index (χ4n) is 11.2. The molecule has 6 rings (SSSR count). The van der Waals surface area contributed by atoms with E-state index in [0.717, 1.165) is 33.9 Å². The molecule has 29 nitrogen and oxygen atoms in total. The van der Waals surface area contributed by atoms with E-state index in [0.29, 0.717) is 44.6 Å². The van der Waals surface area contributed by atoms with E-state index in [-0.39, 0.29) is 131 Å². The van der Waals surface area contributed by atoms with Crippen LogP contribution in [-0.4, -0.2) is 249 Å². The van der Waals surface area contributed by atoms with Gasteiger partial charge in [-0.25, -0.2) is 0 Å². The molecule has 1 unspecified atom stereocenters. The van der Waals surface area contributed by atoms with Crippen LogP contribution in [0.5, 0.6) is 0 Å². The number of nitrogens with zero attached hydrogens (tertiary/aromatic N) is 10. The maximum absolute atomic E-state index is 12.9. The molecule has 32 heteroatoms. The summed E-state index contributed by atoms with van der Waals surface area (Å²) in [6.45, 7) is 11.8. The minimum atomic E-state index is -4.48. The van der Waals surface area contributed by atoms with Gasteiger partial charge in [0.1, 0.15) is 12.6 Å². The van der Waals surface area contributed by atoms with Crippen LogP contribution >= 0.6 is 11.8 Å². The van der Waals surface area contributed by atoms with Crippen molar-refractivity contribution in [3.8, 4) is 0 Å². The Labute approximate surface area is 527 Å². The standard InChI is InChI=1S/C58H81N13O16S3/c1-6-70-44-18-16-40(89(82,83)84)35-42(44)57(2,3)47(70)13-9-7-10-14-48-58(4,5)43-36-41(90(85,86)87)17-19-45(43)71(48)25-12-8-11-15-49(72)60-24-34-88-56-64-62-55(63-65-56)61-23-22-59-50(73)21-20-46(54(80)81)69-32-30-67(38-52(76)77)28-26-66(37-51(74)75)27-29-68(31-33-69)39-53(78)79/h7,9-10,13-14,16-19,35-36,46H,6,8,11-12,15,20-34,37-39H2,1-5H3,(H8-,59,60,61,62,63,72,73,74,75,76,77,78,79,80,81,82,83,84,85,86,87)/p+1. The summed E-state index contributed by atoms with van der Waals surface area (Å²) in [5, 5.41) is 63.8. The zero-order valence-electron chi connectivity index (χ0n) is 51.2. The number of benzene rings is 2. The van der Waals surface area contributed by atoms with Crippen molar-refractivity contribution in [2.45, 2.75) is 105 Å². The molecule has 1 fully saturated rings. The van der Waals surface area contributed by atoms with Gasteiger partial charge in [-0.05, 0) is 82.0 Å². The van der Waals surface area contributed by atoms with E-state index in [9.17, 15) is 75.1 Å². The summed E-state index contributed by atoms with van der Waals surface area (Å²) < 4.78 is 70.1. The van der Waals surface area contributed by atoms with Gasteiger partial charge < -0.3 is 41.3 Å². The van der Waals surface area contributed by atoms with E-state index in [1.54, 1.807) is 31.7 Å². The van der Waals surface area contributed by atoms with Crippen molar-refractivity contribution in [1.29, 1.82) is 0 Å². The molecule has 0 aliphatic carbocycles. The molecule has 3 aromatic rings. The van der Waals surface area contributed by atoms with Gasteiger partial charge in [0.05, 0.1) is 34.8 Å². The van der Waals surface area contributed by atoms with Crippen LogP contribution in [0.2, 0.25) is 0 Å². The number of hydrogen-bond acceptors (Lipinski definition) is 21. The first-order valence-corrected chi connectivity index (χ1v) is 33.3. The summed E-state index contributed by atoms with van der Waals surface area (Å²) in [6, 6.07) is 8.02. The fourth-order valence-corrected chi connectivity index (χ4v) is 12.8. The van der Waals surface area contributed by atoms with Gasteiger partial charge in [0.2, 0.25) is 22.7 Å². The Hall–Kier alpha value is -7.30. The molecule has 90 heavy (non-hydrogen) atoms. The van der Waals surface area contributed by atoms with Crippen LogP contribution in [0.15, 0.2) is 87.4 Å². The third-order valence-electron chi connectivity index (χ3n) is 15.8. The minimum absolute atomic E-state index is 0.0799. The molecule has 492 valence electrons. The first-order chi connectivity index (χ1) is 42.5. The second-order valence-corrected chi connectivity index (χ2v) is 26.8. The Kier molecular flexibility index (Phi) is 26.0. The molecule has 2 aromatic carbocycles. The Balaban J connectivity index is 0.926. The van der Waals surface area contributed by atoms with Gasteiger partial charge in [0, 0.05) is 138 Å². The Morgan fingerprint density at radius 3 is 1.76 bits per heavy atom. The average molecular weight is 1310 g/mol. The van der Waals surface area contributed by atoms with Crippen molar-refractivity contribution in [3.05, 3.63) is 83.6 Å². The number of aliphatic carboxylic acids is 4. The van der Waals surface area contributed by atoms with E-state index < -0.39 is 66.9 Å². The summed E-state index contributed by atoms with van der Waals surface area (Å²) in [5.74, 6) is -4.58. The number of anilines is 2. The van der Waals surface area contributed by atoms with Crippen molar-refractivity contribution >= 4 is 90.7 Å². The number of carboxylic acids is 4. The number of fused-ring (bicyclic) bond motifs is 2. The normalized spacial score (nSPS) is 17.9. The molecule has 3 aliphatic rings. The molecule has 9 N–H and O–H groups in total. The number of allylic oxidation sites excluding steroid dienone is 6. The maximum atomic E-state index is 12.9. The van der Waals surface area contributed by atoms with Gasteiger partial charge in [-0.3, -0.25) is 57.5 Å². The molecule has 0 saturated carbocycles. The number of thioether (sulfide) groups is 1. The average Bonchev–Trinajstić information content (AvgIpc) is 1.60. The summed E-state index contributed by atoms with van der Waals surface area (Å²) in [5.41, 5.74) is 3.75. The smallest absolute Gasteiger partial charge is 0.320 e. The van der Waals surface area contributed by atoms with Crippen molar-refractivity contribution < 1.29 is 79.7 Å². The highest BCUT2D eigenvalue weighted by atomic mass is 32.2. The Bertz CT molecular complexity index is 3400. The SMILES string of the molecule is CCN1C(=CC=CC=CC2=[N+](CCCCCC(=O)NCCSc3nnc(NCCNC(=O)CCC(C(=O)O)N4CCN(CC(=O)O)CCN(CC(=O)O)CCN(CC(=O)O)CC4)nn3)c3ccc(S(=O)(=O)O)cc3C2(C)C)C(C)(C)c2cc(S(=O)(=O)O)ccc21. The highest BCUT2D eigenvalue weighted by Gasteiger charge is 2.45. The fraction of sp³-hybridized carbons (Fsp3) is 0.534. The van der Waals surface area contributed by atoms with E-state index in [2.05, 4.69) is 45.8 Å². The number of rotatable bonds is 31. The number of carbonyl (C=O) groups is 6. The van der Waals surface area contributed by atoms with Gasteiger partial charge in [-0.15, -0.1) is 20.4 Å². The van der Waals surface area contributed by atoms with E-state index in [1.165, 1.54) is 36.0 Å². The molecule has 3 aliphatic heterocycles. The zero-order valence-corrected chi connectivity index (χ0v) is 53.6. The Morgan fingerprint density at radius 2 is 1.20 bits per heavy atom. The summed E-state index contributed by atoms with van der Waals surface area (Å²) in [7, 11) is -8.87. The molecule has 1 atom stereocenters. The molecule has 1 saturated heterocycles. The first kappa shape index (κ1) is 71.8. The van der Waals surface area contributed by atoms with Crippen molar-refractivity contribution in [1.82, 2.24) is 50.6 Å². The van der Waals surface area contributed by atoms with Crippen molar-refractivity contribution in [3.63, 3.8) is 0 Å². The maximum Gasteiger partial charge on any atom is 0.320 e. The highest BCUT2D eigenvalue weighted by Crippen LogP contribution is 2.48. The van der Waals surface area contributed by atoms with Crippen LogP contribution in [-0.2, 0) is 59.8 Å². The molecule has 4 heterocycles. The predicted molar refractivity (Wildman–Crippen MR) is 334 cm³/mol. The monoisotopic (exact) mass is 1310 g/mol. The molecule has 0 spiro atoms. The molecule has 0 bridgehead atoms. The van der Waals surface area contributed by atoms with Gasteiger partial charge >= 0.3 is 23.9 Å². The topological polar surface area (TPSA) is 399 Å². The number of likely N-dealkylation sites (N-methyl/N-ethyl adjacent to an activating group) is 1.